The zero-order valence-electron chi connectivity index (χ0n) is 7.23. The van der Waals surface area contributed by atoms with Gasteiger partial charge in [0.05, 0.1) is 13.3 Å². The van der Waals surface area contributed by atoms with Crippen LogP contribution in [0, 0.1) is 0 Å². The summed E-state index contributed by atoms with van der Waals surface area (Å²) in [6.07, 6.45) is 2.85. The summed E-state index contributed by atoms with van der Waals surface area (Å²) in [6, 6.07) is 0. The number of hydrogen-bond acceptors (Lipinski definition) is 5. The predicted molar refractivity (Wildman–Crippen MR) is 49.0 cm³/mol. The van der Waals surface area contributed by atoms with Crippen LogP contribution in [0.2, 0.25) is 5.15 Å². The number of rotatable bonds is 2. The number of methoxy groups -OCH3 is 1. The van der Waals surface area contributed by atoms with E-state index in [-0.39, 0.29) is 5.15 Å². The summed E-state index contributed by atoms with van der Waals surface area (Å²) >= 11 is 5.81. The minimum atomic E-state index is 0.244. The molecule has 7 heteroatoms. The number of aromatic nitrogens is 5. The zero-order valence-corrected chi connectivity index (χ0v) is 7.99. The standard InChI is InChI=1S/C7H6ClN5O/c1-14-4-2-9-6(12-5(4)8)7-10-3-11-13-7/h2-3H,1H3,(H,10,11,13). The molecule has 0 spiro atoms. The maximum Gasteiger partial charge on any atom is 0.198 e. The maximum absolute atomic E-state index is 5.81. The van der Waals surface area contributed by atoms with E-state index in [2.05, 4.69) is 25.1 Å². The van der Waals surface area contributed by atoms with Gasteiger partial charge in [0.15, 0.2) is 22.6 Å². The van der Waals surface area contributed by atoms with Gasteiger partial charge in [-0.25, -0.2) is 15.0 Å². The number of hydrogen-bond donors (Lipinski definition) is 1. The first kappa shape index (κ1) is 8.89. The Kier molecular flexibility index (Phi) is 2.28. The summed E-state index contributed by atoms with van der Waals surface area (Å²) in [4.78, 5) is 11.9. The average molecular weight is 212 g/mol. The molecule has 2 aromatic heterocycles. The van der Waals surface area contributed by atoms with Gasteiger partial charge >= 0.3 is 0 Å². The fourth-order valence-corrected chi connectivity index (χ4v) is 1.12. The van der Waals surface area contributed by atoms with Crippen LogP contribution in [0.5, 0.6) is 5.75 Å². The second-order valence-electron chi connectivity index (χ2n) is 2.39. The molecule has 0 bridgehead atoms. The fourth-order valence-electron chi connectivity index (χ4n) is 0.914. The summed E-state index contributed by atoms with van der Waals surface area (Å²) in [5.41, 5.74) is 0. The van der Waals surface area contributed by atoms with Gasteiger partial charge in [-0.05, 0) is 0 Å². The summed E-state index contributed by atoms with van der Waals surface area (Å²) in [7, 11) is 1.50. The van der Waals surface area contributed by atoms with Crippen molar-refractivity contribution in [3.63, 3.8) is 0 Å². The SMILES string of the molecule is COc1cnc(-c2ncn[nH]2)nc1Cl. The molecule has 0 atom stereocenters. The van der Waals surface area contributed by atoms with E-state index in [0.717, 1.165) is 0 Å². The summed E-state index contributed by atoms with van der Waals surface area (Å²) in [5, 5.41) is 6.56. The van der Waals surface area contributed by atoms with Crippen LogP contribution in [0.4, 0.5) is 0 Å². The largest absolute Gasteiger partial charge is 0.492 e. The maximum atomic E-state index is 5.81. The lowest BCUT2D eigenvalue weighted by Crippen LogP contribution is -1.94. The van der Waals surface area contributed by atoms with Crippen LogP contribution in [-0.2, 0) is 0 Å². The van der Waals surface area contributed by atoms with E-state index in [9.17, 15) is 0 Å². The van der Waals surface area contributed by atoms with Gasteiger partial charge in [0.25, 0.3) is 0 Å². The van der Waals surface area contributed by atoms with E-state index in [0.29, 0.717) is 17.4 Å². The van der Waals surface area contributed by atoms with Crippen molar-refractivity contribution in [1.82, 2.24) is 25.1 Å². The molecule has 0 aliphatic heterocycles. The molecule has 0 aliphatic carbocycles. The van der Waals surface area contributed by atoms with E-state index in [1.165, 1.54) is 19.6 Å². The first-order valence-electron chi connectivity index (χ1n) is 3.73. The molecule has 0 radical (unpaired) electrons. The van der Waals surface area contributed by atoms with Crippen molar-refractivity contribution in [2.24, 2.45) is 0 Å². The number of halogens is 1. The molecule has 2 aromatic rings. The molecule has 1 N–H and O–H groups in total. The highest BCUT2D eigenvalue weighted by atomic mass is 35.5. The molecule has 0 unspecified atom stereocenters. The van der Waals surface area contributed by atoms with E-state index < -0.39 is 0 Å². The average Bonchev–Trinajstić information content (AvgIpc) is 2.70. The third kappa shape index (κ3) is 1.51. The van der Waals surface area contributed by atoms with Crippen LogP contribution in [0.15, 0.2) is 12.5 Å². The van der Waals surface area contributed by atoms with Crippen LogP contribution in [0.1, 0.15) is 0 Å². The van der Waals surface area contributed by atoms with Gasteiger partial charge in [0.2, 0.25) is 0 Å². The highest BCUT2D eigenvalue weighted by Crippen LogP contribution is 2.22. The summed E-state index contributed by atoms with van der Waals surface area (Å²) < 4.78 is 4.91. The highest BCUT2D eigenvalue weighted by molar-refractivity contribution is 6.30. The Morgan fingerprint density at radius 3 is 2.86 bits per heavy atom. The lowest BCUT2D eigenvalue weighted by Gasteiger charge is -2.01. The van der Waals surface area contributed by atoms with Crippen LogP contribution < -0.4 is 4.74 Å². The van der Waals surface area contributed by atoms with Crippen molar-refractivity contribution in [3.8, 4) is 17.4 Å². The number of nitrogens with zero attached hydrogens (tertiary/aromatic N) is 4. The number of ether oxygens (including phenoxy) is 1. The number of H-pyrrole nitrogens is 1. The molecule has 0 saturated heterocycles. The lowest BCUT2D eigenvalue weighted by atomic mass is 10.5. The predicted octanol–water partition coefficient (Wildman–Crippen LogP) is 0.924. The molecule has 0 aromatic carbocycles. The summed E-state index contributed by atoms with van der Waals surface area (Å²) in [6.45, 7) is 0. The van der Waals surface area contributed by atoms with Crippen LogP contribution in [0.3, 0.4) is 0 Å². The molecule has 2 rings (SSSR count). The Labute approximate surface area is 84.3 Å². The van der Waals surface area contributed by atoms with Crippen molar-refractivity contribution in [2.75, 3.05) is 7.11 Å². The van der Waals surface area contributed by atoms with Gasteiger partial charge in [-0.15, -0.1) is 0 Å². The normalized spacial score (nSPS) is 10.1. The third-order valence-electron chi connectivity index (χ3n) is 1.56. The molecule has 14 heavy (non-hydrogen) atoms. The zero-order chi connectivity index (χ0) is 9.97. The van der Waals surface area contributed by atoms with E-state index in [4.69, 9.17) is 16.3 Å². The molecule has 0 fully saturated rings. The summed E-state index contributed by atoms with van der Waals surface area (Å²) in [5.74, 6) is 1.28. The van der Waals surface area contributed by atoms with Gasteiger partial charge < -0.3 is 4.74 Å². The van der Waals surface area contributed by atoms with Crippen LogP contribution >= 0.6 is 11.6 Å². The first-order valence-corrected chi connectivity index (χ1v) is 4.11. The Bertz CT molecular complexity index is 430. The van der Waals surface area contributed by atoms with Gasteiger partial charge in [-0.1, -0.05) is 11.6 Å². The third-order valence-corrected chi connectivity index (χ3v) is 1.83. The Balaban J connectivity index is 2.43. The van der Waals surface area contributed by atoms with E-state index in [1.807, 2.05) is 0 Å². The molecule has 72 valence electrons. The van der Waals surface area contributed by atoms with E-state index >= 15 is 0 Å². The molecular weight excluding hydrogens is 206 g/mol. The second kappa shape index (κ2) is 3.59. The topological polar surface area (TPSA) is 76.6 Å². The van der Waals surface area contributed by atoms with Gasteiger partial charge in [-0.2, -0.15) is 5.10 Å². The van der Waals surface area contributed by atoms with Crippen molar-refractivity contribution >= 4 is 11.6 Å². The number of aromatic amines is 1. The molecular formula is C7H6ClN5O. The lowest BCUT2D eigenvalue weighted by molar-refractivity contribution is 0.411. The monoisotopic (exact) mass is 211 g/mol. The minimum absolute atomic E-state index is 0.244. The molecule has 0 aliphatic rings. The van der Waals surface area contributed by atoms with Crippen LogP contribution in [-0.4, -0.2) is 32.3 Å². The Morgan fingerprint density at radius 1 is 1.43 bits per heavy atom. The molecule has 2 heterocycles. The Morgan fingerprint density at radius 2 is 2.29 bits per heavy atom. The van der Waals surface area contributed by atoms with Crippen LogP contribution in [0.25, 0.3) is 11.6 Å². The van der Waals surface area contributed by atoms with Gasteiger partial charge in [0, 0.05) is 0 Å². The van der Waals surface area contributed by atoms with Crippen molar-refractivity contribution in [1.29, 1.82) is 0 Å². The van der Waals surface area contributed by atoms with Crippen molar-refractivity contribution in [3.05, 3.63) is 17.7 Å². The highest BCUT2D eigenvalue weighted by Gasteiger charge is 2.08. The van der Waals surface area contributed by atoms with E-state index in [1.54, 1.807) is 0 Å². The van der Waals surface area contributed by atoms with Crippen molar-refractivity contribution < 1.29 is 4.74 Å². The number of nitrogens with one attached hydrogen (secondary N) is 1. The smallest absolute Gasteiger partial charge is 0.198 e. The molecule has 6 nitrogen and oxygen atoms in total. The Hall–Kier alpha value is -1.69. The van der Waals surface area contributed by atoms with Gasteiger partial charge in [0.1, 0.15) is 6.33 Å². The minimum Gasteiger partial charge on any atom is -0.492 e. The first-order chi connectivity index (χ1) is 6.81. The van der Waals surface area contributed by atoms with Gasteiger partial charge in [-0.3, -0.25) is 5.10 Å². The van der Waals surface area contributed by atoms with Crippen molar-refractivity contribution in [2.45, 2.75) is 0 Å². The molecule has 0 saturated carbocycles. The quantitative estimate of drug-likeness (QED) is 0.748. The fraction of sp³-hybridized carbons (Fsp3) is 0.143. The molecule has 0 amide bonds. The second-order valence-corrected chi connectivity index (χ2v) is 2.74.